The minimum atomic E-state index is -2.05. The first-order valence-corrected chi connectivity index (χ1v) is 21.0. The molecule has 0 spiro atoms. The Balaban J connectivity index is 1.35. The molecule has 7 aromatic carbocycles. The van der Waals surface area contributed by atoms with Gasteiger partial charge in [0.25, 0.3) is 0 Å². The number of rotatable bonds is 1. The Hall–Kier alpha value is -6.29. The summed E-state index contributed by atoms with van der Waals surface area (Å²) in [6, 6.07) is 56.3. The van der Waals surface area contributed by atoms with E-state index in [0.717, 1.165) is 22.6 Å². The molecular weight excluding hydrogens is 647 g/mol. The summed E-state index contributed by atoms with van der Waals surface area (Å²) >= 11 is 0. The van der Waals surface area contributed by atoms with Crippen molar-refractivity contribution < 1.29 is 4.74 Å². The van der Waals surface area contributed by atoms with E-state index in [0.29, 0.717) is 0 Å². The summed E-state index contributed by atoms with van der Waals surface area (Å²) in [6.45, 7) is 4.81. The highest BCUT2D eigenvalue weighted by molar-refractivity contribution is 7.01. The van der Waals surface area contributed by atoms with Crippen molar-refractivity contribution in [2.45, 2.75) is 13.1 Å². The van der Waals surface area contributed by atoms with Crippen LogP contribution in [-0.4, -0.2) is 13.1 Å². The fourth-order valence-electron chi connectivity index (χ4n) is 9.13. The number of fused-ring (bicyclic) bond motifs is 12. The topological polar surface area (TPSA) is 22.1 Å². The van der Waals surface area contributed by atoms with Crippen molar-refractivity contribution in [3.8, 4) is 33.8 Å². The van der Waals surface area contributed by atoms with Crippen molar-refractivity contribution in [2.24, 2.45) is 0 Å². The van der Waals surface area contributed by atoms with Gasteiger partial charge in [0.05, 0.1) is 0 Å². The predicted octanol–water partition coefficient (Wildman–Crippen LogP) is 12.3. The first-order chi connectivity index (χ1) is 25.6. The molecule has 3 heteroatoms. The second-order valence-electron chi connectivity index (χ2n) is 14.6. The molecule has 0 unspecified atom stereocenters. The SMILES string of the molecule is C[Si]1(C)c2cnccc2Oc2c(-c3ccc4c(c3)c3cccc5c3-c3c(cccc3c3ccccc34)c3ccccc3c3ccccc53)cccc21. The molecule has 8 aromatic rings. The highest BCUT2D eigenvalue weighted by Crippen LogP contribution is 2.48. The third kappa shape index (κ3) is 4.03. The van der Waals surface area contributed by atoms with Gasteiger partial charge in [-0.3, -0.25) is 4.98 Å². The minimum absolute atomic E-state index is 0.930. The molecule has 2 aliphatic carbocycles. The third-order valence-electron chi connectivity index (χ3n) is 11.6. The van der Waals surface area contributed by atoms with Crippen molar-refractivity contribution in [1.29, 1.82) is 0 Å². The first-order valence-electron chi connectivity index (χ1n) is 18.0. The second kappa shape index (κ2) is 10.9. The Morgan fingerprint density at radius 3 is 1.44 bits per heavy atom. The van der Waals surface area contributed by atoms with Crippen LogP contribution in [0.4, 0.5) is 0 Å². The van der Waals surface area contributed by atoms with Crippen LogP contribution in [0, 0.1) is 0 Å². The molecule has 0 saturated heterocycles. The molecular formula is C49H33NOSi. The molecule has 0 radical (unpaired) electrons. The van der Waals surface area contributed by atoms with Crippen molar-refractivity contribution in [3.63, 3.8) is 0 Å². The maximum Gasteiger partial charge on any atom is 0.134 e. The van der Waals surface area contributed by atoms with E-state index in [1.54, 1.807) is 0 Å². The molecule has 0 amide bonds. The Bertz CT molecular complexity index is 3140. The lowest BCUT2D eigenvalue weighted by atomic mass is 9.83. The van der Waals surface area contributed by atoms with E-state index in [1.807, 2.05) is 18.5 Å². The fraction of sp³-hybridized carbons (Fsp3) is 0.0408. The van der Waals surface area contributed by atoms with Crippen LogP contribution in [0.5, 0.6) is 11.5 Å². The maximum atomic E-state index is 6.80. The maximum absolute atomic E-state index is 6.80. The molecule has 244 valence electrons. The van der Waals surface area contributed by atoms with E-state index in [2.05, 4.69) is 164 Å². The van der Waals surface area contributed by atoms with Crippen molar-refractivity contribution in [1.82, 2.24) is 4.98 Å². The van der Waals surface area contributed by atoms with Crippen LogP contribution in [0.3, 0.4) is 0 Å². The number of para-hydroxylation sites is 1. The van der Waals surface area contributed by atoms with Gasteiger partial charge in [0.15, 0.2) is 0 Å². The number of nitrogens with zero attached hydrogens (tertiary/aromatic N) is 1. The van der Waals surface area contributed by atoms with Gasteiger partial charge in [0.1, 0.15) is 19.6 Å². The number of ether oxygens (including phenoxy) is 1. The van der Waals surface area contributed by atoms with E-state index < -0.39 is 8.07 Å². The number of hydrogen-bond acceptors (Lipinski definition) is 2. The number of pyridine rings is 1. The highest BCUT2D eigenvalue weighted by atomic mass is 28.3. The smallest absolute Gasteiger partial charge is 0.134 e. The molecule has 52 heavy (non-hydrogen) atoms. The third-order valence-corrected chi connectivity index (χ3v) is 15.0. The summed E-state index contributed by atoms with van der Waals surface area (Å²) in [5.74, 6) is 1.91. The molecule has 11 rings (SSSR count). The minimum Gasteiger partial charge on any atom is -0.457 e. The second-order valence-corrected chi connectivity index (χ2v) is 19.0. The van der Waals surface area contributed by atoms with Gasteiger partial charge in [-0.15, -0.1) is 0 Å². The van der Waals surface area contributed by atoms with Gasteiger partial charge in [-0.2, -0.15) is 0 Å². The lowest BCUT2D eigenvalue weighted by Crippen LogP contribution is -2.56. The van der Waals surface area contributed by atoms with Gasteiger partial charge >= 0.3 is 0 Å². The predicted molar refractivity (Wildman–Crippen MR) is 223 cm³/mol. The Morgan fingerprint density at radius 2 is 0.885 bits per heavy atom. The van der Waals surface area contributed by atoms with E-state index in [4.69, 9.17) is 4.74 Å². The fourth-order valence-corrected chi connectivity index (χ4v) is 11.8. The van der Waals surface area contributed by atoms with Crippen molar-refractivity contribution in [3.05, 3.63) is 164 Å². The van der Waals surface area contributed by atoms with Crippen molar-refractivity contribution >= 4 is 83.1 Å². The lowest BCUT2D eigenvalue weighted by molar-refractivity contribution is 0.488. The van der Waals surface area contributed by atoms with Gasteiger partial charge in [-0.25, -0.2) is 0 Å². The molecule has 0 N–H and O–H groups in total. The molecule has 3 aliphatic rings. The Kier molecular flexibility index (Phi) is 6.14. The van der Waals surface area contributed by atoms with Crippen molar-refractivity contribution in [2.75, 3.05) is 0 Å². The van der Waals surface area contributed by atoms with Gasteiger partial charge < -0.3 is 4.74 Å². The van der Waals surface area contributed by atoms with Gasteiger partial charge in [-0.05, 0) is 98.6 Å². The largest absolute Gasteiger partial charge is 0.457 e. The summed E-state index contributed by atoms with van der Waals surface area (Å²) in [4.78, 5) is 4.48. The molecule has 0 bridgehead atoms. The van der Waals surface area contributed by atoms with Gasteiger partial charge in [0.2, 0.25) is 0 Å². The first kappa shape index (κ1) is 29.4. The van der Waals surface area contributed by atoms with E-state index in [9.17, 15) is 0 Å². The van der Waals surface area contributed by atoms with E-state index >= 15 is 0 Å². The summed E-state index contributed by atoms with van der Waals surface area (Å²) in [6.07, 6.45) is 3.84. The normalized spacial score (nSPS) is 13.5. The van der Waals surface area contributed by atoms with E-state index in [1.165, 1.54) is 86.1 Å². The Labute approximate surface area is 302 Å². The summed E-state index contributed by atoms with van der Waals surface area (Å²) in [5, 5.41) is 17.5. The average molecular weight is 680 g/mol. The molecule has 0 saturated carbocycles. The molecule has 0 fully saturated rings. The zero-order valence-corrected chi connectivity index (χ0v) is 29.9. The van der Waals surface area contributed by atoms with Crippen LogP contribution >= 0.6 is 0 Å². The van der Waals surface area contributed by atoms with Crippen LogP contribution < -0.4 is 15.1 Å². The van der Waals surface area contributed by atoms with E-state index in [-0.39, 0.29) is 0 Å². The molecule has 1 aromatic heterocycles. The summed E-state index contributed by atoms with van der Waals surface area (Å²) in [7, 11) is -2.05. The lowest BCUT2D eigenvalue weighted by Gasteiger charge is -2.33. The monoisotopic (exact) mass is 679 g/mol. The molecule has 2 nitrogen and oxygen atoms in total. The Morgan fingerprint density at radius 1 is 0.423 bits per heavy atom. The number of benzene rings is 7. The molecule has 0 atom stereocenters. The molecule has 1 aliphatic heterocycles. The highest BCUT2D eigenvalue weighted by Gasteiger charge is 2.37. The van der Waals surface area contributed by atoms with Crippen LogP contribution in [0.1, 0.15) is 0 Å². The number of hydrogen-bond donors (Lipinski definition) is 0. The zero-order chi connectivity index (χ0) is 34.6. The van der Waals surface area contributed by atoms with Crippen LogP contribution in [0.15, 0.2) is 164 Å². The standard InChI is InChI=1S/C49H33NOSi/c1-52(2)45-23-11-18-31(49(45)51-44-26-27-50-29-46(44)52)30-24-25-38-34-14-5-8-17-37(34)40-20-9-19-39-35-15-6-3-12-32(35)33-13-4-7-16-36(33)41-21-10-22-42(43(38)28-30)48(41)47(39)40/h3-29H,1-2H3. The number of aromatic nitrogens is 1. The van der Waals surface area contributed by atoms with Crippen LogP contribution in [-0.2, 0) is 0 Å². The summed E-state index contributed by atoms with van der Waals surface area (Å²) in [5.41, 5.74) is 4.85. The summed E-state index contributed by atoms with van der Waals surface area (Å²) < 4.78 is 6.80. The van der Waals surface area contributed by atoms with Crippen LogP contribution in [0.25, 0.3) is 86.9 Å². The van der Waals surface area contributed by atoms with Gasteiger partial charge in [-0.1, -0.05) is 153 Å². The zero-order valence-electron chi connectivity index (χ0n) is 28.9. The average Bonchev–Trinajstić information content (AvgIpc) is 3.19. The quantitative estimate of drug-likeness (QED) is 0.161. The van der Waals surface area contributed by atoms with Crippen LogP contribution in [0.2, 0.25) is 13.1 Å². The van der Waals surface area contributed by atoms with Gasteiger partial charge in [0, 0.05) is 23.1 Å². The molecule has 2 heterocycles.